The van der Waals surface area contributed by atoms with Crippen LogP contribution in [0.25, 0.3) is 11.2 Å². The Kier molecular flexibility index (Phi) is 8.49. The number of aromatic nitrogens is 4. The van der Waals surface area contributed by atoms with Crippen LogP contribution in [0.4, 0.5) is 5.82 Å². The number of imidazole rings is 1. The number of piperidine rings is 1. The van der Waals surface area contributed by atoms with E-state index in [4.69, 9.17) is 15.2 Å². The summed E-state index contributed by atoms with van der Waals surface area (Å²) in [4.78, 5) is 38.1. The van der Waals surface area contributed by atoms with Gasteiger partial charge in [-0.15, -0.1) is 0 Å². The molecule has 0 spiro atoms. The van der Waals surface area contributed by atoms with E-state index in [-0.39, 0.29) is 29.4 Å². The van der Waals surface area contributed by atoms with Gasteiger partial charge < -0.3 is 25.1 Å². The minimum atomic E-state index is -0.239. The Morgan fingerprint density at radius 1 is 1.28 bits per heavy atom. The van der Waals surface area contributed by atoms with Gasteiger partial charge in [0.1, 0.15) is 5.52 Å². The fourth-order valence-corrected chi connectivity index (χ4v) is 4.30. The number of esters is 1. The standard InChI is InChI=1S/C22H36N6O4/c1-4-5-13-32-21-25-18(23)17-19(26-21)28(22(30)24-17)12-7-6-10-27-11-8-9-16(14-27)15(2)20(29)31-3/h15-16H,4-14H2,1-3H3,(H,24,30)(H2,23,25,26). The summed E-state index contributed by atoms with van der Waals surface area (Å²) in [6, 6.07) is 0.204. The van der Waals surface area contributed by atoms with Crippen molar-refractivity contribution < 1.29 is 14.3 Å². The molecule has 10 nitrogen and oxygen atoms in total. The van der Waals surface area contributed by atoms with Crippen LogP contribution in [0.1, 0.15) is 52.4 Å². The molecule has 0 radical (unpaired) electrons. The number of carbonyl (C=O) groups is 1. The van der Waals surface area contributed by atoms with Crippen molar-refractivity contribution in [2.75, 3.05) is 39.1 Å². The van der Waals surface area contributed by atoms with E-state index in [1.54, 1.807) is 4.57 Å². The molecule has 0 saturated carbocycles. The van der Waals surface area contributed by atoms with E-state index in [0.717, 1.165) is 58.2 Å². The number of likely N-dealkylation sites (tertiary alicyclic amines) is 1. The molecule has 3 heterocycles. The zero-order valence-electron chi connectivity index (χ0n) is 19.4. The Labute approximate surface area is 188 Å². The topological polar surface area (TPSA) is 128 Å². The third kappa shape index (κ3) is 5.79. The molecule has 1 aliphatic rings. The molecule has 10 heteroatoms. The maximum atomic E-state index is 12.5. The molecule has 178 valence electrons. The van der Waals surface area contributed by atoms with E-state index in [1.807, 2.05) is 6.92 Å². The number of aryl methyl sites for hydroxylation is 1. The molecule has 2 aromatic rings. The highest BCUT2D eigenvalue weighted by atomic mass is 16.5. The summed E-state index contributed by atoms with van der Waals surface area (Å²) in [5.41, 5.74) is 6.71. The van der Waals surface area contributed by atoms with Crippen LogP contribution in [0.5, 0.6) is 6.01 Å². The van der Waals surface area contributed by atoms with Crippen molar-refractivity contribution in [3.8, 4) is 6.01 Å². The minimum Gasteiger partial charge on any atom is -0.469 e. The minimum absolute atomic E-state index is 0.0773. The van der Waals surface area contributed by atoms with Gasteiger partial charge in [0.25, 0.3) is 0 Å². The average molecular weight is 449 g/mol. The van der Waals surface area contributed by atoms with E-state index in [0.29, 0.717) is 30.2 Å². The fraction of sp³-hybridized carbons (Fsp3) is 0.727. The van der Waals surface area contributed by atoms with Gasteiger partial charge >= 0.3 is 17.7 Å². The highest BCUT2D eigenvalue weighted by Crippen LogP contribution is 2.25. The molecule has 32 heavy (non-hydrogen) atoms. The van der Waals surface area contributed by atoms with Crippen LogP contribution in [0.3, 0.4) is 0 Å². The van der Waals surface area contributed by atoms with Gasteiger partial charge in [0.05, 0.1) is 19.6 Å². The number of nitrogen functional groups attached to an aromatic ring is 1. The van der Waals surface area contributed by atoms with Crippen LogP contribution in [0.15, 0.2) is 4.79 Å². The summed E-state index contributed by atoms with van der Waals surface area (Å²) in [6.45, 7) is 7.97. The van der Waals surface area contributed by atoms with Crippen molar-refractivity contribution in [3.05, 3.63) is 10.5 Å². The lowest BCUT2D eigenvalue weighted by atomic mass is 9.86. The maximum Gasteiger partial charge on any atom is 0.327 e. The number of nitrogens with two attached hydrogens (primary N) is 1. The van der Waals surface area contributed by atoms with Crippen molar-refractivity contribution in [3.63, 3.8) is 0 Å². The molecule has 0 bridgehead atoms. The number of nitrogens with zero attached hydrogens (tertiary/aromatic N) is 4. The van der Waals surface area contributed by atoms with Gasteiger partial charge in [0.2, 0.25) is 0 Å². The van der Waals surface area contributed by atoms with Gasteiger partial charge in [0.15, 0.2) is 11.5 Å². The number of aromatic amines is 1. The first-order valence-corrected chi connectivity index (χ1v) is 11.6. The van der Waals surface area contributed by atoms with Gasteiger partial charge in [-0.3, -0.25) is 9.36 Å². The van der Waals surface area contributed by atoms with Crippen LogP contribution in [-0.2, 0) is 16.1 Å². The normalized spacial score (nSPS) is 18.0. The molecule has 2 atom stereocenters. The van der Waals surface area contributed by atoms with Crippen LogP contribution in [0.2, 0.25) is 0 Å². The van der Waals surface area contributed by atoms with Gasteiger partial charge in [-0.2, -0.15) is 9.97 Å². The van der Waals surface area contributed by atoms with Crippen molar-refractivity contribution in [2.45, 2.75) is 58.9 Å². The third-order valence-electron chi connectivity index (χ3n) is 6.29. The zero-order valence-corrected chi connectivity index (χ0v) is 19.4. The SMILES string of the molecule is CCCCOc1nc(N)c2[nH]c(=O)n(CCCCN3CCCC(C(C)C(=O)OC)C3)c2n1. The van der Waals surface area contributed by atoms with E-state index < -0.39 is 0 Å². The summed E-state index contributed by atoms with van der Waals surface area (Å²) in [5.74, 6) is 0.344. The molecule has 1 saturated heterocycles. The second kappa shape index (κ2) is 11.3. The maximum absolute atomic E-state index is 12.5. The Morgan fingerprint density at radius 2 is 2.06 bits per heavy atom. The quantitative estimate of drug-likeness (QED) is 0.395. The molecule has 0 amide bonds. The number of methoxy groups -OCH3 is 1. The summed E-state index contributed by atoms with van der Waals surface area (Å²) >= 11 is 0. The molecule has 0 aromatic carbocycles. The number of nitrogens with one attached hydrogen (secondary N) is 1. The van der Waals surface area contributed by atoms with Gasteiger partial charge in [0, 0.05) is 13.1 Å². The molecule has 2 unspecified atom stereocenters. The summed E-state index contributed by atoms with van der Waals surface area (Å²) in [7, 11) is 1.45. The van der Waals surface area contributed by atoms with Gasteiger partial charge in [-0.1, -0.05) is 20.3 Å². The van der Waals surface area contributed by atoms with E-state index in [1.165, 1.54) is 7.11 Å². The van der Waals surface area contributed by atoms with Crippen LogP contribution in [-0.4, -0.2) is 63.7 Å². The number of H-pyrrole nitrogens is 1. The Bertz CT molecular complexity index is 956. The number of anilines is 1. The second-order valence-corrected chi connectivity index (χ2v) is 8.60. The van der Waals surface area contributed by atoms with Crippen LogP contribution in [0, 0.1) is 11.8 Å². The lowest BCUT2D eigenvalue weighted by molar-refractivity contribution is -0.147. The first-order chi connectivity index (χ1) is 15.4. The Hall–Kier alpha value is -2.62. The molecule has 3 rings (SSSR count). The number of ether oxygens (including phenoxy) is 2. The van der Waals surface area contributed by atoms with Crippen molar-refractivity contribution >= 4 is 23.0 Å². The smallest absolute Gasteiger partial charge is 0.327 e. The monoisotopic (exact) mass is 448 g/mol. The first kappa shape index (κ1) is 24.0. The fourth-order valence-electron chi connectivity index (χ4n) is 4.30. The van der Waals surface area contributed by atoms with Gasteiger partial charge in [-0.25, -0.2) is 4.79 Å². The van der Waals surface area contributed by atoms with Crippen LogP contribution >= 0.6 is 0 Å². The number of carbonyl (C=O) groups excluding carboxylic acids is 1. The Balaban J connectivity index is 1.56. The average Bonchev–Trinajstić information content (AvgIpc) is 3.11. The number of rotatable bonds is 11. The third-order valence-corrected chi connectivity index (χ3v) is 6.29. The molecule has 0 aliphatic carbocycles. The molecule has 1 fully saturated rings. The highest BCUT2D eigenvalue weighted by molar-refractivity contribution is 5.81. The summed E-state index contributed by atoms with van der Waals surface area (Å²) in [5, 5.41) is 0. The Morgan fingerprint density at radius 3 is 2.81 bits per heavy atom. The molecule has 1 aliphatic heterocycles. The molecule has 3 N–H and O–H groups in total. The van der Waals surface area contributed by atoms with E-state index in [9.17, 15) is 9.59 Å². The lowest BCUT2D eigenvalue weighted by Gasteiger charge is -2.34. The predicted molar refractivity (Wildman–Crippen MR) is 123 cm³/mol. The molecule has 2 aromatic heterocycles. The predicted octanol–water partition coefficient (Wildman–Crippen LogP) is 2.18. The van der Waals surface area contributed by atoms with Crippen molar-refractivity contribution in [1.82, 2.24) is 24.4 Å². The second-order valence-electron chi connectivity index (χ2n) is 8.60. The number of unbranched alkanes of at least 4 members (excludes halogenated alkanes) is 2. The summed E-state index contributed by atoms with van der Waals surface area (Å²) < 4.78 is 12.1. The summed E-state index contributed by atoms with van der Waals surface area (Å²) in [6.07, 6.45) is 5.82. The highest BCUT2D eigenvalue weighted by Gasteiger charge is 2.29. The van der Waals surface area contributed by atoms with Gasteiger partial charge in [-0.05, 0) is 51.1 Å². The largest absolute Gasteiger partial charge is 0.469 e. The van der Waals surface area contributed by atoms with E-state index >= 15 is 0 Å². The number of hydrogen-bond acceptors (Lipinski definition) is 8. The molecular formula is C22H36N6O4. The zero-order chi connectivity index (χ0) is 23.1. The lowest BCUT2D eigenvalue weighted by Crippen LogP contribution is -2.40. The van der Waals surface area contributed by atoms with Crippen molar-refractivity contribution in [2.24, 2.45) is 11.8 Å². The molecular weight excluding hydrogens is 412 g/mol. The number of fused-ring (bicyclic) bond motifs is 1. The first-order valence-electron chi connectivity index (χ1n) is 11.6. The van der Waals surface area contributed by atoms with Crippen LogP contribution < -0.4 is 16.2 Å². The van der Waals surface area contributed by atoms with E-state index in [2.05, 4.69) is 26.8 Å². The van der Waals surface area contributed by atoms with Crippen molar-refractivity contribution in [1.29, 1.82) is 0 Å². The number of hydrogen-bond donors (Lipinski definition) is 2.